The molecule has 2 atom stereocenters. The zero-order valence-corrected chi connectivity index (χ0v) is 16.1. The van der Waals surface area contributed by atoms with Gasteiger partial charge in [0.05, 0.1) is 13.2 Å². The summed E-state index contributed by atoms with van der Waals surface area (Å²) in [4.78, 5) is 37.7. The summed E-state index contributed by atoms with van der Waals surface area (Å²) in [5, 5.41) is 2.69. The average Bonchev–Trinajstić information content (AvgIpc) is 3.02. The summed E-state index contributed by atoms with van der Waals surface area (Å²) in [6, 6.07) is 8.02. The van der Waals surface area contributed by atoms with Crippen LogP contribution in [0.15, 0.2) is 30.3 Å². The van der Waals surface area contributed by atoms with Crippen LogP contribution < -0.4 is 5.32 Å². The summed E-state index contributed by atoms with van der Waals surface area (Å²) in [7, 11) is 1.25. The molecule has 148 valence electrons. The van der Waals surface area contributed by atoms with Crippen molar-refractivity contribution in [2.75, 3.05) is 13.7 Å². The minimum atomic E-state index is -0.815. The molecule has 1 aliphatic rings. The number of hydrogen-bond acceptors (Lipinski definition) is 6. The third-order valence-corrected chi connectivity index (χ3v) is 3.94. The first-order valence-corrected chi connectivity index (χ1v) is 8.74. The highest BCUT2D eigenvalue weighted by molar-refractivity contribution is 5.82. The molecular formula is C19H26N2O6. The quantitative estimate of drug-likeness (QED) is 0.639. The standard InChI is InChI=1S/C19H26N2O6/c1-19(2,3)27-18(24)21-11-14(10-15(21)16(22)25-4)20-17(23)26-12-13-8-6-5-7-9-13/h5-9,14-15H,10-12H2,1-4H3,(H,20,23). The number of hydrogen-bond donors (Lipinski definition) is 1. The van der Waals surface area contributed by atoms with E-state index in [1.807, 2.05) is 30.3 Å². The average molecular weight is 378 g/mol. The van der Waals surface area contributed by atoms with Crippen LogP contribution in [0.3, 0.4) is 0 Å². The van der Waals surface area contributed by atoms with E-state index in [0.717, 1.165) is 5.56 Å². The van der Waals surface area contributed by atoms with Crippen LogP contribution in [0, 0.1) is 0 Å². The molecule has 8 nitrogen and oxygen atoms in total. The first kappa shape index (κ1) is 20.5. The number of carbonyl (C=O) groups is 3. The van der Waals surface area contributed by atoms with Gasteiger partial charge in [0.2, 0.25) is 0 Å². The predicted molar refractivity (Wildman–Crippen MR) is 96.9 cm³/mol. The fourth-order valence-electron chi connectivity index (χ4n) is 2.75. The summed E-state index contributed by atoms with van der Waals surface area (Å²) < 4.78 is 15.3. The minimum Gasteiger partial charge on any atom is -0.467 e. The predicted octanol–water partition coefficient (Wildman–Crippen LogP) is 2.46. The van der Waals surface area contributed by atoms with Gasteiger partial charge < -0.3 is 19.5 Å². The molecule has 1 aromatic rings. The van der Waals surface area contributed by atoms with Crippen LogP contribution in [0.2, 0.25) is 0 Å². The molecule has 0 bridgehead atoms. The zero-order chi connectivity index (χ0) is 20.0. The van der Waals surface area contributed by atoms with Crippen LogP contribution in [0.1, 0.15) is 32.8 Å². The number of nitrogens with one attached hydrogen (secondary N) is 1. The number of nitrogens with zero attached hydrogens (tertiary/aromatic N) is 1. The minimum absolute atomic E-state index is 0.134. The number of rotatable bonds is 4. The van der Waals surface area contributed by atoms with Crippen molar-refractivity contribution in [2.24, 2.45) is 0 Å². The number of carbonyl (C=O) groups excluding carboxylic acids is 3. The molecular weight excluding hydrogens is 352 g/mol. The van der Waals surface area contributed by atoms with Gasteiger partial charge in [0.15, 0.2) is 0 Å². The molecule has 0 radical (unpaired) electrons. The van der Waals surface area contributed by atoms with Crippen molar-refractivity contribution in [2.45, 2.75) is 51.5 Å². The Morgan fingerprint density at radius 3 is 2.44 bits per heavy atom. The lowest BCUT2D eigenvalue weighted by Gasteiger charge is -2.27. The Morgan fingerprint density at radius 2 is 1.85 bits per heavy atom. The van der Waals surface area contributed by atoms with Gasteiger partial charge in [-0.1, -0.05) is 30.3 Å². The van der Waals surface area contributed by atoms with E-state index in [-0.39, 0.29) is 19.6 Å². The van der Waals surface area contributed by atoms with Crippen LogP contribution in [-0.2, 0) is 25.6 Å². The van der Waals surface area contributed by atoms with Gasteiger partial charge in [-0.15, -0.1) is 0 Å². The van der Waals surface area contributed by atoms with Gasteiger partial charge in [0, 0.05) is 13.0 Å². The molecule has 1 aliphatic heterocycles. The van der Waals surface area contributed by atoms with Gasteiger partial charge in [-0.3, -0.25) is 4.90 Å². The molecule has 0 aromatic heterocycles. The van der Waals surface area contributed by atoms with Gasteiger partial charge >= 0.3 is 18.2 Å². The second kappa shape index (κ2) is 8.75. The molecule has 1 N–H and O–H groups in total. The SMILES string of the molecule is COC(=O)C1CC(NC(=O)OCc2ccccc2)CN1C(=O)OC(C)(C)C. The third-order valence-electron chi connectivity index (χ3n) is 3.94. The number of likely N-dealkylation sites (tertiary alicyclic amines) is 1. The van der Waals surface area contributed by atoms with E-state index < -0.39 is 35.8 Å². The molecule has 2 amide bonds. The summed E-state index contributed by atoms with van der Waals surface area (Å²) in [6.07, 6.45) is -1.01. The second-order valence-electron chi connectivity index (χ2n) is 7.31. The maximum Gasteiger partial charge on any atom is 0.411 e. The van der Waals surface area contributed by atoms with E-state index in [2.05, 4.69) is 5.32 Å². The van der Waals surface area contributed by atoms with Crippen LogP contribution in [0.5, 0.6) is 0 Å². The lowest BCUT2D eigenvalue weighted by molar-refractivity contribution is -0.145. The molecule has 1 saturated heterocycles. The van der Waals surface area contributed by atoms with Crippen molar-refractivity contribution in [1.29, 1.82) is 0 Å². The Bertz CT molecular complexity index is 671. The number of esters is 1. The number of methoxy groups -OCH3 is 1. The van der Waals surface area contributed by atoms with E-state index in [1.165, 1.54) is 12.0 Å². The maximum atomic E-state index is 12.4. The molecule has 27 heavy (non-hydrogen) atoms. The van der Waals surface area contributed by atoms with Crippen molar-refractivity contribution >= 4 is 18.2 Å². The molecule has 0 spiro atoms. The molecule has 1 fully saturated rings. The molecule has 0 aliphatic carbocycles. The van der Waals surface area contributed by atoms with E-state index >= 15 is 0 Å². The van der Waals surface area contributed by atoms with Gasteiger partial charge in [-0.2, -0.15) is 0 Å². The van der Waals surface area contributed by atoms with E-state index in [0.29, 0.717) is 0 Å². The largest absolute Gasteiger partial charge is 0.467 e. The highest BCUT2D eigenvalue weighted by Crippen LogP contribution is 2.22. The van der Waals surface area contributed by atoms with Crippen molar-refractivity contribution in [3.05, 3.63) is 35.9 Å². The smallest absolute Gasteiger partial charge is 0.411 e. The van der Waals surface area contributed by atoms with Crippen molar-refractivity contribution in [1.82, 2.24) is 10.2 Å². The normalized spacial score (nSPS) is 19.3. The van der Waals surface area contributed by atoms with Gasteiger partial charge in [0.1, 0.15) is 18.2 Å². The maximum absolute atomic E-state index is 12.4. The highest BCUT2D eigenvalue weighted by Gasteiger charge is 2.42. The van der Waals surface area contributed by atoms with Crippen molar-refractivity contribution in [3.8, 4) is 0 Å². The Balaban J connectivity index is 1.94. The Morgan fingerprint density at radius 1 is 1.19 bits per heavy atom. The molecule has 1 heterocycles. The molecule has 2 unspecified atom stereocenters. The van der Waals surface area contributed by atoms with Gasteiger partial charge in [0.25, 0.3) is 0 Å². The number of ether oxygens (including phenoxy) is 3. The molecule has 8 heteroatoms. The number of benzene rings is 1. The summed E-state index contributed by atoms with van der Waals surface area (Å²) in [6.45, 7) is 5.49. The molecule has 2 rings (SSSR count). The van der Waals surface area contributed by atoms with Gasteiger partial charge in [-0.05, 0) is 26.3 Å². The second-order valence-corrected chi connectivity index (χ2v) is 7.31. The Hall–Kier alpha value is -2.77. The summed E-state index contributed by atoms with van der Waals surface area (Å²) in [5.74, 6) is -0.553. The first-order valence-electron chi connectivity index (χ1n) is 8.74. The zero-order valence-electron chi connectivity index (χ0n) is 16.1. The topological polar surface area (TPSA) is 94.2 Å². The van der Waals surface area contributed by atoms with Crippen molar-refractivity contribution < 1.29 is 28.6 Å². The number of alkyl carbamates (subject to hydrolysis) is 1. The van der Waals surface area contributed by atoms with Crippen LogP contribution in [0.4, 0.5) is 9.59 Å². The number of amides is 2. The van der Waals surface area contributed by atoms with E-state index in [4.69, 9.17) is 14.2 Å². The molecule has 0 saturated carbocycles. The molecule has 1 aromatic carbocycles. The fraction of sp³-hybridized carbons (Fsp3) is 0.526. The lowest BCUT2D eigenvalue weighted by atomic mass is 10.2. The monoisotopic (exact) mass is 378 g/mol. The van der Waals surface area contributed by atoms with E-state index in [9.17, 15) is 14.4 Å². The third kappa shape index (κ3) is 6.16. The first-order chi connectivity index (χ1) is 12.7. The Labute approximate surface area is 158 Å². The van der Waals surface area contributed by atoms with E-state index in [1.54, 1.807) is 20.8 Å². The van der Waals surface area contributed by atoms with Crippen LogP contribution in [0.25, 0.3) is 0 Å². The van der Waals surface area contributed by atoms with Crippen molar-refractivity contribution in [3.63, 3.8) is 0 Å². The highest BCUT2D eigenvalue weighted by atomic mass is 16.6. The van der Waals surface area contributed by atoms with Gasteiger partial charge in [-0.25, -0.2) is 14.4 Å². The Kier molecular flexibility index (Phi) is 6.65. The lowest BCUT2D eigenvalue weighted by Crippen LogP contribution is -2.44. The summed E-state index contributed by atoms with van der Waals surface area (Å²) in [5.41, 5.74) is 0.166. The van der Waals surface area contributed by atoms with Crippen LogP contribution in [-0.4, -0.2) is 54.4 Å². The summed E-state index contributed by atoms with van der Waals surface area (Å²) >= 11 is 0. The van der Waals surface area contributed by atoms with Crippen LogP contribution >= 0.6 is 0 Å². The fourth-order valence-corrected chi connectivity index (χ4v) is 2.75.